The van der Waals surface area contributed by atoms with E-state index in [0.717, 1.165) is 65.9 Å². The van der Waals surface area contributed by atoms with Gasteiger partial charge in [0, 0.05) is 66.0 Å². The van der Waals surface area contributed by atoms with Crippen molar-refractivity contribution in [3.8, 4) is 11.5 Å². The van der Waals surface area contributed by atoms with Crippen LogP contribution in [0.5, 0.6) is 11.5 Å². The van der Waals surface area contributed by atoms with Crippen LogP contribution in [0.1, 0.15) is 69.1 Å². The molecule has 0 radical (unpaired) electrons. The molecule has 0 spiro atoms. The number of anilines is 3. The van der Waals surface area contributed by atoms with Gasteiger partial charge in [0.25, 0.3) is 5.91 Å². The Morgan fingerprint density at radius 1 is 0.468 bits per heavy atom. The number of carbonyl (C=O) groups is 1. The molecule has 0 saturated carbocycles. The average Bonchev–Trinajstić information content (AvgIpc) is 4.15. The summed E-state index contributed by atoms with van der Waals surface area (Å²) in [6.45, 7) is 12.0. The smallest absolute Gasteiger partial charge is 0.259 e. The number of fused-ring (bicyclic) bond motifs is 10. The van der Waals surface area contributed by atoms with Crippen molar-refractivity contribution in [3.63, 3.8) is 0 Å². The highest BCUT2D eigenvalue weighted by atomic mass is 16.5. The molecule has 10 aromatic carbocycles. The van der Waals surface area contributed by atoms with Crippen LogP contribution >= 0.6 is 0 Å². The summed E-state index contributed by atoms with van der Waals surface area (Å²) in [4.78, 5) is 20.7. The number of aromatic hydroxyl groups is 2. The molecular weight excluding hydrogens is 959 g/mol. The number of carbonyl (C=O) groups excluding carboxylic acids is 1. The monoisotopic (exact) mass is 1020 g/mol. The van der Waals surface area contributed by atoms with Crippen molar-refractivity contribution < 1.29 is 20.2 Å². The molecule has 1 atom stereocenters. The number of aromatic nitrogens is 2. The van der Waals surface area contributed by atoms with Crippen LogP contribution in [0.15, 0.2) is 215 Å². The number of hydroxylamine groups is 1. The minimum absolute atomic E-state index is 0.0676. The van der Waals surface area contributed by atoms with E-state index >= 15 is 0 Å². The summed E-state index contributed by atoms with van der Waals surface area (Å²) in [6.07, 6.45) is 0. The van der Waals surface area contributed by atoms with Crippen molar-refractivity contribution in [2.24, 2.45) is 20.5 Å². The molecule has 1 unspecified atom stereocenters. The van der Waals surface area contributed by atoms with E-state index in [2.05, 4.69) is 53.6 Å². The second-order valence-electron chi connectivity index (χ2n) is 17.2. The van der Waals surface area contributed by atoms with E-state index in [1.807, 2.05) is 205 Å². The van der Waals surface area contributed by atoms with Gasteiger partial charge < -0.3 is 36.0 Å². The van der Waals surface area contributed by atoms with Crippen LogP contribution in [-0.2, 0) is 0 Å². The lowest BCUT2D eigenvalue weighted by molar-refractivity contribution is 0.102. The van der Waals surface area contributed by atoms with Crippen LogP contribution in [0.3, 0.4) is 0 Å². The zero-order chi connectivity index (χ0) is 54.0. The third-order valence-corrected chi connectivity index (χ3v) is 12.9. The normalized spacial score (nSPS) is 11.6. The number of H-pyrrole nitrogens is 2. The molecule has 13 nitrogen and oxygen atoms in total. The molecule has 0 aliphatic heterocycles. The molecule has 77 heavy (non-hydrogen) atoms. The summed E-state index contributed by atoms with van der Waals surface area (Å²) in [7, 11) is 0. The highest BCUT2D eigenvalue weighted by Crippen LogP contribution is 2.47. The number of rotatable bonds is 11. The standard InChI is InChI=1S/C58H41N9O4.3C2H6/c68-56-45(51(67-71)33-11-3-1-4-12-33)31-34-19-29-43-41-15-7-9-17-47(41)61-52(43)49(34)54(56)65-63-39-25-21-37(22-26-39)59-38-23-27-40(28-24-38)64-66-55-50-35(20-30-44-42-16-8-10-18-48(42)62-53(44)50)32-46(57(55)69)58(70)60-36-13-5-2-6-14-36;3*1-2/h1-32,51,59,61-62,67-69,71H,(H,60,70);3*1-2H3. The molecule has 1 amide bonds. The molecule has 0 saturated heterocycles. The molecule has 0 aliphatic carbocycles. The summed E-state index contributed by atoms with van der Waals surface area (Å²) in [5.74, 6) is -0.877. The van der Waals surface area contributed by atoms with Crippen molar-refractivity contribution in [3.05, 3.63) is 211 Å². The number of hydrogen-bond acceptors (Lipinski definition) is 10. The summed E-state index contributed by atoms with van der Waals surface area (Å²) in [5, 5.41) is 65.9. The Hall–Kier alpha value is -9.69. The van der Waals surface area contributed by atoms with Gasteiger partial charge in [0.1, 0.15) is 17.1 Å². The molecule has 8 N–H and O–H groups in total. The SMILES string of the molecule is CC.CC.CC.O=C(Nc1ccccc1)c1cc2ccc3c4ccccc4[nH]c3c2c(N=Nc2ccc(Nc3ccc(N=Nc4c(O)c(C(NO)c5ccccc5)cc5ccc6c7ccccc7[nH]c6c45)cc3)cc2)c1O. The Labute approximate surface area is 445 Å². The largest absolute Gasteiger partial charge is 0.505 e. The van der Waals surface area contributed by atoms with Crippen molar-refractivity contribution in [1.82, 2.24) is 15.4 Å². The number of para-hydroxylation sites is 3. The summed E-state index contributed by atoms with van der Waals surface area (Å²) in [5.41, 5.74) is 10.8. The van der Waals surface area contributed by atoms with Gasteiger partial charge in [0.15, 0.2) is 5.75 Å². The number of phenols is 2. The fraction of sp³-hybridized carbons (Fsp3) is 0.109. The van der Waals surface area contributed by atoms with Gasteiger partial charge >= 0.3 is 0 Å². The number of amides is 1. The van der Waals surface area contributed by atoms with Crippen molar-refractivity contribution in [1.29, 1.82) is 0 Å². The van der Waals surface area contributed by atoms with Crippen LogP contribution in [0, 0.1) is 0 Å². The molecule has 13 heteroatoms. The minimum atomic E-state index is -0.738. The van der Waals surface area contributed by atoms with Crippen molar-refractivity contribution in [2.45, 2.75) is 47.6 Å². The number of nitrogens with zero attached hydrogens (tertiary/aromatic N) is 4. The maximum Gasteiger partial charge on any atom is 0.259 e. The quantitative estimate of drug-likeness (QED) is 0.0469. The highest BCUT2D eigenvalue weighted by Gasteiger charge is 2.25. The van der Waals surface area contributed by atoms with E-state index < -0.39 is 11.9 Å². The fourth-order valence-electron chi connectivity index (χ4n) is 9.46. The summed E-state index contributed by atoms with van der Waals surface area (Å²) in [6, 6.07) is 60.0. The third-order valence-electron chi connectivity index (χ3n) is 12.9. The molecule has 12 aromatic rings. The average molecular weight is 1020 g/mol. The summed E-state index contributed by atoms with van der Waals surface area (Å²) < 4.78 is 0. The lowest BCUT2D eigenvalue weighted by Gasteiger charge is -2.19. The predicted octanol–water partition coefficient (Wildman–Crippen LogP) is 18.6. The Bertz CT molecular complexity index is 4080. The van der Waals surface area contributed by atoms with Gasteiger partial charge in [-0.15, -0.1) is 10.2 Å². The van der Waals surface area contributed by atoms with Gasteiger partial charge in [-0.25, -0.2) is 0 Å². The van der Waals surface area contributed by atoms with Gasteiger partial charge in [-0.05, 0) is 101 Å². The first-order valence-corrected chi connectivity index (χ1v) is 25.9. The van der Waals surface area contributed by atoms with Crippen LogP contribution in [0.2, 0.25) is 0 Å². The fourth-order valence-corrected chi connectivity index (χ4v) is 9.46. The van der Waals surface area contributed by atoms with E-state index in [9.17, 15) is 20.2 Å². The van der Waals surface area contributed by atoms with Gasteiger partial charge in [0.05, 0.1) is 34.0 Å². The van der Waals surface area contributed by atoms with E-state index in [4.69, 9.17) is 5.11 Å². The molecule has 0 fully saturated rings. The van der Waals surface area contributed by atoms with E-state index in [0.29, 0.717) is 38.8 Å². The number of aromatic amines is 2. The molecule has 2 heterocycles. The Balaban J connectivity index is 0.00000117. The Morgan fingerprint density at radius 2 is 0.922 bits per heavy atom. The molecule has 12 rings (SSSR count). The van der Waals surface area contributed by atoms with Crippen molar-refractivity contribution >= 4 is 111 Å². The van der Waals surface area contributed by atoms with Gasteiger partial charge in [-0.2, -0.15) is 15.7 Å². The predicted molar refractivity (Wildman–Crippen MR) is 316 cm³/mol. The minimum Gasteiger partial charge on any atom is -0.505 e. The van der Waals surface area contributed by atoms with Gasteiger partial charge in [0.2, 0.25) is 0 Å². The molecule has 0 aliphatic rings. The first kappa shape index (κ1) is 52.2. The van der Waals surface area contributed by atoms with Gasteiger partial charge in [-0.1, -0.05) is 151 Å². The number of phenolic OH excluding ortho intramolecular Hbond substituents is 2. The lowest BCUT2D eigenvalue weighted by atomic mass is 9.93. The van der Waals surface area contributed by atoms with E-state index in [-0.39, 0.29) is 28.4 Å². The maximum atomic E-state index is 13.6. The Morgan fingerprint density at radius 3 is 1.43 bits per heavy atom. The maximum absolute atomic E-state index is 13.6. The van der Waals surface area contributed by atoms with E-state index in [1.165, 1.54) is 0 Å². The van der Waals surface area contributed by atoms with Crippen LogP contribution in [0.4, 0.5) is 39.8 Å². The topological polar surface area (TPSA) is 195 Å². The number of benzene rings is 10. The molecular formula is C64H59N9O4. The lowest BCUT2D eigenvalue weighted by Crippen LogP contribution is -2.18. The zero-order valence-corrected chi connectivity index (χ0v) is 43.6. The van der Waals surface area contributed by atoms with E-state index in [1.54, 1.807) is 18.2 Å². The second-order valence-corrected chi connectivity index (χ2v) is 17.2. The molecule has 0 bridgehead atoms. The van der Waals surface area contributed by atoms with Crippen LogP contribution < -0.4 is 16.1 Å². The molecule has 2 aromatic heterocycles. The first-order chi connectivity index (χ1) is 37.9. The summed E-state index contributed by atoms with van der Waals surface area (Å²) >= 11 is 0. The van der Waals surface area contributed by atoms with Gasteiger partial charge in [-0.3, -0.25) is 4.79 Å². The number of hydrogen-bond donors (Lipinski definition) is 8. The third kappa shape index (κ3) is 10.4. The number of nitrogens with one attached hydrogen (secondary N) is 5. The number of azo groups is 2. The second kappa shape index (κ2) is 23.7. The molecule has 384 valence electrons. The van der Waals surface area contributed by atoms with Crippen molar-refractivity contribution in [2.75, 3.05) is 10.6 Å². The Kier molecular flexibility index (Phi) is 16.0. The zero-order valence-electron chi connectivity index (χ0n) is 43.6. The van der Waals surface area contributed by atoms with Crippen LogP contribution in [-0.4, -0.2) is 31.3 Å². The first-order valence-electron chi connectivity index (χ1n) is 25.9. The van der Waals surface area contributed by atoms with Crippen LogP contribution in [0.25, 0.3) is 65.2 Å². The highest BCUT2D eigenvalue weighted by molar-refractivity contribution is 6.23.